The second kappa shape index (κ2) is 6.03. The fourth-order valence-corrected chi connectivity index (χ4v) is 3.48. The molecular formula is C17H13FN4O3S. The van der Waals surface area contributed by atoms with Crippen molar-refractivity contribution >= 4 is 23.3 Å². The lowest BCUT2D eigenvalue weighted by atomic mass is 9.91. The van der Waals surface area contributed by atoms with E-state index in [1.54, 1.807) is 6.07 Å². The van der Waals surface area contributed by atoms with Gasteiger partial charge in [-0.25, -0.2) is 9.18 Å². The van der Waals surface area contributed by atoms with Crippen LogP contribution in [0, 0.1) is 5.82 Å². The zero-order valence-corrected chi connectivity index (χ0v) is 14.4. The van der Waals surface area contributed by atoms with Crippen LogP contribution in [0.4, 0.5) is 9.18 Å². The Balaban J connectivity index is 1.60. The molecule has 7 nitrogen and oxygen atoms in total. The SMILES string of the molecule is C[C@@]1(c2ccccc2F)NC(=O)N(Cc2noc(-c3ccsc3)n2)C1=O. The molecule has 0 bridgehead atoms. The molecule has 0 unspecified atom stereocenters. The van der Waals surface area contributed by atoms with E-state index in [0.29, 0.717) is 5.89 Å². The van der Waals surface area contributed by atoms with Gasteiger partial charge >= 0.3 is 6.03 Å². The first-order valence-electron chi connectivity index (χ1n) is 7.73. The average Bonchev–Trinajstić information content (AvgIpc) is 3.33. The lowest BCUT2D eigenvalue weighted by molar-refractivity contribution is -0.131. The summed E-state index contributed by atoms with van der Waals surface area (Å²) in [5.41, 5.74) is -0.613. The lowest BCUT2D eigenvalue weighted by Crippen LogP contribution is -2.41. The number of hydrogen-bond donors (Lipinski definition) is 1. The van der Waals surface area contributed by atoms with Gasteiger partial charge in [0.15, 0.2) is 5.82 Å². The maximum absolute atomic E-state index is 14.1. The van der Waals surface area contributed by atoms with Gasteiger partial charge in [0.05, 0.1) is 12.1 Å². The molecular weight excluding hydrogens is 359 g/mol. The van der Waals surface area contributed by atoms with E-state index in [4.69, 9.17) is 4.52 Å². The number of benzene rings is 1. The predicted octanol–water partition coefficient (Wildman–Crippen LogP) is 2.90. The summed E-state index contributed by atoms with van der Waals surface area (Å²) in [6, 6.07) is 7.03. The van der Waals surface area contributed by atoms with Gasteiger partial charge in [-0.05, 0) is 24.4 Å². The van der Waals surface area contributed by atoms with Crippen LogP contribution in [0.5, 0.6) is 0 Å². The van der Waals surface area contributed by atoms with E-state index in [2.05, 4.69) is 15.5 Å². The van der Waals surface area contributed by atoms with Gasteiger partial charge in [0.1, 0.15) is 11.4 Å². The van der Waals surface area contributed by atoms with Gasteiger partial charge in [0.2, 0.25) is 0 Å². The van der Waals surface area contributed by atoms with E-state index >= 15 is 0 Å². The Morgan fingerprint density at radius 3 is 2.85 bits per heavy atom. The summed E-state index contributed by atoms with van der Waals surface area (Å²) >= 11 is 1.48. The first-order valence-corrected chi connectivity index (χ1v) is 8.67. The minimum absolute atomic E-state index is 0.105. The second-order valence-electron chi connectivity index (χ2n) is 5.95. The third-order valence-electron chi connectivity index (χ3n) is 4.22. The van der Waals surface area contributed by atoms with E-state index in [1.807, 2.05) is 16.8 Å². The van der Waals surface area contributed by atoms with E-state index in [9.17, 15) is 14.0 Å². The maximum Gasteiger partial charge on any atom is 0.325 e. The number of nitrogens with zero attached hydrogens (tertiary/aromatic N) is 3. The number of hydrogen-bond acceptors (Lipinski definition) is 6. The van der Waals surface area contributed by atoms with Gasteiger partial charge in [-0.15, -0.1) is 0 Å². The largest absolute Gasteiger partial charge is 0.334 e. The van der Waals surface area contributed by atoms with Gasteiger partial charge in [-0.1, -0.05) is 23.4 Å². The van der Waals surface area contributed by atoms with Crippen LogP contribution in [0.15, 0.2) is 45.6 Å². The summed E-state index contributed by atoms with van der Waals surface area (Å²) in [7, 11) is 0. The molecule has 0 saturated carbocycles. The summed E-state index contributed by atoms with van der Waals surface area (Å²) < 4.78 is 19.3. The maximum atomic E-state index is 14.1. The van der Waals surface area contributed by atoms with Crippen LogP contribution in [-0.4, -0.2) is 27.0 Å². The van der Waals surface area contributed by atoms with Crippen LogP contribution in [0.3, 0.4) is 0 Å². The average molecular weight is 372 g/mol. The first-order chi connectivity index (χ1) is 12.5. The summed E-state index contributed by atoms with van der Waals surface area (Å²) in [5.74, 6) is -0.642. The highest BCUT2D eigenvalue weighted by Crippen LogP contribution is 2.31. The number of aromatic nitrogens is 2. The highest BCUT2D eigenvalue weighted by molar-refractivity contribution is 7.08. The third-order valence-corrected chi connectivity index (χ3v) is 4.91. The van der Waals surface area contributed by atoms with Crippen LogP contribution in [-0.2, 0) is 16.9 Å². The van der Waals surface area contributed by atoms with Gasteiger partial charge in [-0.3, -0.25) is 9.69 Å². The highest BCUT2D eigenvalue weighted by atomic mass is 32.1. The molecule has 1 saturated heterocycles. The molecule has 3 heterocycles. The minimum atomic E-state index is -1.48. The van der Waals surface area contributed by atoms with Crippen molar-refractivity contribution in [3.8, 4) is 11.5 Å². The number of amides is 3. The molecule has 4 rings (SSSR count). The Labute approximate surface area is 151 Å². The Bertz CT molecular complexity index is 988. The standard InChI is InChI=1S/C17H13FN4O3S/c1-17(11-4-2-3-5-12(11)18)15(23)22(16(24)20-17)8-13-19-14(25-21-13)10-6-7-26-9-10/h2-7,9H,8H2,1H3,(H,20,24)/t17-/m0/s1. The van der Waals surface area contributed by atoms with Crippen LogP contribution < -0.4 is 5.32 Å². The number of rotatable bonds is 4. The Morgan fingerprint density at radius 1 is 1.31 bits per heavy atom. The number of imide groups is 1. The Kier molecular flexibility index (Phi) is 3.80. The fourth-order valence-electron chi connectivity index (χ4n) is 2.85. The van der Waals surface area contributed by atoms with Gasteiger partial charge in [-0.2, -0.15) is 16.3 Å². The molecule has 0 radical (unpaired) electrons. The molecule has 132 valence electrons. The molecule has 0 spiro atoms. The molecule has 26 heavy (non-hydrogen) atoms. The van der Waals surface area contributed by atoms with E-state index in [0.717, 1.165) is 10.5 Å². The first kappa shape index (κ1) is 16.4. The molecule has 2 aromatic heterocycles. The molecule has 1 aliphatic heterocycles. The number of thiophene rings is 1. The van der Waals surface area contributed by atoms with E-state index in [-0.39, 0.29) is 17.9 Å². The monoisotopic (exact) mass is 372 g/mol. The van der Waals surface area contributed by atoms with E-state index in [1.165, 1.54) is 36.5 Å². The normalized spacial score (nSPS) is 19.8. The summed E-state index contributed by atoms with van der Waals surface area (Å²) in [6.45, 7) is 1.31. The predicted molar refractivity (Wildman–Crippen MR) is 90.4 cm³/mol. The number of carbonyl (C=O) groups is 2. The van der Waals surface area contributed by atoms with Crippen molar-refractivity contribution in [2.24, 2.45) is 0 Å². The van der Waals surface area contributed by atoms with Crippen LogP contribution >= 0.6 is 11.3 Å². The molecule has 1 N–H and O–H groups in total. The second-order valence-corrected chi connectivity index (χ2v) is 6.73. The highest BCUT2D eigenvalue weighted by Gasteiger charge is 2.50. The summed E-state index contributed by atoms with van der Waals surface area (Å²) in [5, 5.41) is 10.1. The van der Waals surface area contributed by atoms with Crippen molar-refractivity contribution in [1.82, 2.24) is 20.4 Å². The van der Waals surface area contributed by atoms with Crippen LogP contribution in [0.25, 0.3) is 11.5 Å². The number of nitrogens with one attached hydrogen (secondary N) is 1. The van der Waals surface area contributed by atoms with Gasteiger partial charge < -0.3 is 9.84 Å². The Morgan fingerprint density at radius 2 is 2.12 bits per heavy atom. The molecule has 1 atom stereocenters. The smallest absolute Gasteiger partial charge is 0.325 e. The number of halogens is 1. The van der Waals surface area contributed by atoms with Gasteiger partial charge in [0.25, 0.3) is 11.8 Å². The lowest BCUT2D eigenvalue weighted by Gasteiger charge is -2.22. The van der Waals surface area contributed by atoms with Gasteiger partial charge in [0, 0.05) is 10.9 Å². The number of carbonyl (C=O) groups excluding carboxylic acids is 2. The van der Waals surface area contributed by atoms with Crippen molar-refractivity contribution in [2.75, 3.05) is 0 Å². The minimum Gasteiger partial charge on any atom is -0.334 e. The molecule has 1 aliphatic rings. The van der Waals surface area contributed by atoms with Crippen LogP contribution in [0.1, 0.15) is 18.3 Å². The van der Waals surface area contributed by atoms with Crippen molar-refractivity contribution in [3.63, 3.8) is 0 Å². The molecule has 3 aromatic rings. The van der Waals surface area contributed by atoms with Crippen molar-refractivity contribution in [1.29, 1.82) is 0 Å². The van der Waals surface area contributed by atoms with Crippen LogP contribution in [0.2, 0.25) is 0 Å². The third kappa shape index (κ3) is 2.57. The summed E-state index contributed by atoms with van der Waals surface area (Å²) in [4.78, 5) is 30.3. The molecule has 3 amide bonds. The topological polar surface area (TPSA) is 88.3 Å². The van der Waals surface area contributed by atoms with Crippen molar-refractivity contribution < 1.29 is 18.5 Å². The quantitative estimate of drug-likeness (QED) is 0.712. The van der Waals surface area contributed by atoms with Crippen molar-refractivity contribution in [3.05, 3.63) is 58.3 Å². The summed E-state index contributed by atoms with van der Waals surface area (Å²) in [6.07, 6.45) is 0. The molecule has 1 aromatic carbocycles. The van der Waals surface area contributed by atoms with Crippen molar-refractivity contribution in [2.45, 2.75) is 19.0 Å². The molecule has 9 heteroatoms. The Hall–Kier alpha value is -3.07. The molecule has 0 aliphatic carbocycles. The number of urea groups is 1. The molecule has 1 fully saturated rings. The van der Waals surface area contributed by atoms with E-state index < -0.39 is 23.3 Å². The zero-order valence-electron chi connectivity index (χ0n) is 13.6. The fraction of sp³-hybridized carbons (Fsp3) is 0.176. The zero-order chi connectivity index (χ0) is 18.3.